The number of fused-ring (bicyclic) bond motifs is 1. The Morgan fingerprint density at radius 1 is 1.00 bits per heavy atom. The molecule has 0 aliphatic carbocycles. The number of carbonyl (C=O) groups excluding carboxylic acids is 1. The lowest BCUT2D eigenvalue weighted by atomic mass is 9.88. The van der Waals surface area contributed by atoms with Crippen molar-refractivity contribution in [3.05, 3.63) is 106 Å². The number of carbonyl (C=O) groups is 1. The summed E-state index contributed by atoms with van der Waals surface area (Å²) in [6, 6.07) is 17.8. The summed E-state index contributed by atoms with van der Waals surface area (Å²) in [5.74, 6) is 0.561. The normalized spacial score (nSPS) is 16.3. The van der Waals surface area contributed by atoms with Crippen molar-refractivity contribution in [1.82, 2.24) is 19.8 Å². The molecule has 0 bridgehead atoms. The molecule has 1 amide bonds. The second kappa shape index (κ2) is 12.0. The zero-order chi connectivity index (χ0) is 26.4. The molecule has 0 radical (unpaired) electrons. The maximum absolute atomic E-state index is 14.2. The third kappa shape index (κ3) is 5.59. The number of likely N-dealkylation sites (tertiary alicyclic amines) is 1. The minimum Gasteiger partial charge on any atom is -0.508 e. The second-order valence-electron chi connectivity index (χ2n) is 10.5. The predicted molar refractivity (Wildman–Crippen MR) is 159 cm³/mol. The Morgan fingerprint density at radius 2 is 1.70 bits per heavy atom. The first-order valence-electron chi connectivity index (χ1n) is 13.1. The van der Waals surface area contributed by atoms with E-state index in [0.29, 0.717) is 35.1 Å². The molecule has 1 atom stereocenters. The predicted octanol–water partition coefficient (Wildman–Crippen LogP) is 6.63. The molecule has 1 saturated heterocycles. The third-order valence-electron chi connectivity index (χ3n) is 7.99. The van der Waals surface area contributed by atoms with E-state index in [1.165, 1.54) is 36.6 Å². The number of imidazole rings is 1. The SMILES string of the molecule is Cc1ncc(C(c2cc(F)ccc2O)N2Cc3ccc(-c4ccc(C5CCN(C)CC5)cc4)cc3C2=O)[nH]1.Cl.Cl. The number of H-pyrrole nitrogens is 1. The number of halogens is 3. The molecule has 1 aromatic heterocycles. The molecule has 1 fully saturated rings. The lowest BCUT2D eigenvalue weighted by Gasteiger charge is -2.29. The van der Waals surface area contributed by atoms with Gasteiger partial charge in [0, 0.05) is 17.7 Å². The van der Waals surface area contributed by atoms with Crippen LogP contribution < -0.4 is 0 Å². The number of hydrogen-bond acceptors (Lipinski definition) is 4. The lowest BCUT2D eigenvalue weighted by Crippen LogP contribution is -2.30. The van der Waals surface area contributed by atoms with E-state index in [1.807, 2.05) is 19.1 Å². The van der Waals surface area contributed by atoms with Crippen LogP contribution >= 0.6 is 24.8 Å². The molecule has 6 rings (SSSR count). The minimum absolute atomic E-state index is 0. The fourth-order valence-electron chi connectivity index (χ4n) is 5.83. The highest BCUT2D eigenvalue weighted by Crippen LogP contribution is 2.40. The van der Waals surface area contributed by atoms with Crippen LogP contribution in [0.15, 0.2) is 66.9 Å². The summed E-state index contributed by atoms with van der Waals surface area (Å²) >= 11 is 0. The fourth-order valence-corrected chi connectivity index (χ4v) is 5.83. The molecule has 1 unspecified atom stereocenters. The highest BCUT2D eigenvalue weighted by atomic mass is 35.5. The number of piperidine rings is 1. The van der Waals surface area contributed by atoms with Crippen LogP contribution in [0.1, 0.15) is 63.4 Å². The van der Waals surface area contributed by atoms with Gasteiger partial charge in [0.2, 0.25) is 0 Å². The summed E-state index contributed by atoms with van der Waals surface area (Å²) in [7, 11) is 2.18. The summed E-state index contributed by atoms with van der Waals surface area (Å²) in [6.07, 6.45) is 3.99. The Hall–Kier alpha value is -3.39. The van der Waals surface area contributed by atoms with Crippen molar-refractivity contribution in [3.63, 3.8) is 0 Å². The quantitative estimate of drug-likeness (QED) is 0.277. The van der Waals surface area contributed by atoms with Gasteiger partial charge in [-0.25, -0.2) is 9.37 Å². The summed E-state index contributed by atoms with van der Waals surface area (Å²) in [6.45, 7) is 4.42. The first kappa shape index (κ1) is 29.6. The standard InChI is InChI=1S/C31H31FN4O2.2ClH/c1-19-33-17-28(34-19)30(27-16-25(32)9-10-29(27)37)36-18-24-8-7-23(15-26(24)31(36)38)21-5-3-20(4-6-21)22-11-13-35(2)14-12-22;;/h3-10,15-17,22,30,37H,11-14,18H2,1-2H3,(H,33,34);2*1H. The van der Waals surface area contributed by atoms with Crippen LogP contribution in [0, 0.1) is 12.7 Å². The molecule has 0 saturated carbocycles. The maximum atomic E-state index is 14.2. The van der Waals surface area contributed by atoms with E-state index in [9.17, 15) is 14.3 Å². The number of aryl methyl sites for hydroxylation is 1. The number of hydrogen-bond donors (Lipinski definition) is 2. The topological polar surface area (TPSA) is 72.5 Å². The number of phenolic OH excluding ortho intramolecular Hbond substituents is 1. The van der Waals surface area contributed by atoms with E-state index in [4.69, 9.17) is 0 Å². The largest absolute Gasteiger partial charge is 0.508 e. The fraction of sp³-hybridized carbons (Fsp3) is 0.290. The van der Waals surface area contributed by atoms with Crippen molar-refractivity contribution >= 4 is 30.7 Å². The van der Waals surface area contributed by atoms with E-state index in [2.05, 4.69) is 52.2 Å². The van der Waals surface area contributed by atoms with Crippen molar-refractivity contribution in [2.24, 2.45) is 0 Å². The molecule has 2 aliphatic rings. The number of aromatic nitrogens is 2. The van der Waals surface area contributed by atoms with Gasteiger partial charge in [-0.3, -0.25) is 4.79 Å². The number of amides is 1. The second-order valence-corrected chi connectivity index (χ2v) is 10.5. The summed E-state index contributed by atoms with van der Waals surface area (Å²) < 4.78 is 14.2. The Kier molecular flexibility index (Phi) is 8.88. The van der Waals surface area contributed by atoms with Gasteiger partial charge in [-0.2, -0.15) is 0 Å². The Bertz CT molecular complexity index is 1500. The van der Waals surface area contributed by atoms with E-state index in [0.717, 1.165) is 29.8 Å². The number of nitrogens with zero attached hydrogens (tertiary/aromatic N) is 3. The molecule has 210 valence electrons. The molecule has 9 heteroatoms. The summed E-state index contributed by atoms with van der Waals surface area (Å²) in [5.41, 5.74) is 5.89. The Balaban J connectivity index is 0.00000185. The van der Waals surface area contributed by atoms with Gasteiger partial charge in [-0.1, -0.05) is 36.4 Å². The summed E-state index contributed by atoms with van der Waals surface area (Å²) in [5, 5.41) is 10.6. The van der Waals surface area contributed by atoms with Crippen molar-refractivity contribution < 1.29 is 14.3 Å². The first-order valence-corrected chi connectivity index (χ1v) is 13.1. The molecule has 4 aromatic rings. The monoisotopic (exact) mass is 582 g/mol. The van der Waals surface area contributed by atoms with Gasteiger partial charge in [-0.05, 0) is 92.3 Å². The highest BCUT2D eigenvalue weighted by molar-refractivity contribution is 6.00. The van der Waals surface area contributed by atoms with Crippen LogP contribution in [0.3, 0.4) is 0 Å². The van der Waals surface area contributed by atoms with Gasteiger partial charge >= 0.3 is 0 Å². The van der Waals surface area contributed by atoms with E-state index in [1.54, 1.807) is 11.1 Å². The van der Waals surface area contributed by atoms with Gasteiger partial charge in [0.15, 0.2) is 0 Å². The smallest absolute Gasteiger partial charge is 0.255 e. The van der Waals surface area contributed by atoms with Crippen molar-refractivity contribution in [3.8, 4) is 16.9 Å². The van der Waals surface area contributed by atoms with Crippen molar-refractivity contribution in [2.75, 3.05) is 20.1 Å². The van der Waals surface area contributed by atoms with E-state index >= 15 is 0 Å². The Morgan fingerprint density at radius 3 is 2.38 bits per heavy atom. The lowest BCUT2D eigenvalue weighted by molar-refractivity contribution is 0.0726. The van der Waals surface area contributed by atoms with Crippen LogP contribution in [0.5, 0.6) is 5.75 Å². The van der Waals surface area contributed by atoms with Crippen LogP contribution in [0.2, 0.25) is 0 Å². The highest BCUT2D eigenvalue weighted by Gasteiger charge is 2.37. The first-order chi connectivity index (χ1) is 18.4. The number of benzene rings is 3. The van der Waals surface area contributed by atoms with Crippen LogP contribution in [0.4, 0.5) is 4.39 Å². The number of phenols is 1. The van der Waals surface area contributed by atoms with Crippen molar-refractivity contribution in [1.29, 1.82) is 0 Å². The molecule has 40 heavy (non-hydrogen) atoms. The molecular weight excluding hydrogens is 550 g/mol. The maximum Gasteiger partial charge on any atom is 0.255 e. The average molecular weight is 584 g/mol. The molecular formula is C31H33Cl2FN4O2. The third-order valence-corrected chi connectivity index (χ3v) is 7.99. The molecule has 6 nitrogen and oxygen atoms in total. The number of rotatable bonds is 5. The van der Waals surface area contributed by atoms with Gasteiger partial charge < -0.3 is 19.9 Å². The zero-order valence-corrected chi connectivity index (χ0v) is 24.1. The zero-order valence-electron chi connectivity index (χ0n) is 22.4. The van der Waals surface area contributed by atoms with Gasteiger partial charge in [0.1, 0.15) is 23.4 Å². The molecule has 2 aliphatic heterocycles. The van der Waals surface area contributed by atoms with E-state index < -0.39 is 11.9 Å². The number of nitrogens with one attached hydrogen (secondary N) is 1. The molecule has 2 N–H and O–H groups in total. The number of aromatic hydroxyl groups is 1. The average Bonchev–Trinajstić information content (AvgIpc) is 3.49. The number of aromatic amines is 1. The van der Waals surface area contributed by atoms with Crippen LogP contribution in [-0.2, 0) is 6.54 Å². The van der Waals surface area contributed by atoms with Crippen molar-refractivity contribution in [2.45, 2.75) is 38.3 Å². The Labute approximate surface area is 246 Å². The minimum atomic E-state index is -0.705. The molecule has 3 heterocycles. The van der Waals surface area contributed by atoms with Gasteiger partial charge in [-0.15, -0.1) is 24.8 Å². The summed E-state index contributed by atoms with van der Waals surface area (Å²) in [4.78, 5) is 25.3. The van der Waals surface area contributed by atoms with E-state index in [-0.39, 0.29) is 36.5 Å². The van der Waals surface area contributed by atoms with Gasteiger partial charge in [0.05, 0.1) is 11.9 Å². The molecule has 3 aromatic carbocycles. The van der Waals surface area contributed by atoms with Crippen LogP contribution in [-0.4, -0.2) is 50.9 Å². The molecule has 0 spiro atoms. The van der Waals surface area contributed by atoms with Crippen LogP contribution in [0.25, 0.3) is 11.1 Å². The van der Waals surface area contributed by atoms with Gasteiger partial charge in [0.25, 0.3) is 5.91 Å².